The first-order valence-corrected chi connectivity index (χ1v) is 9.11. The van der Waals surface area contributed by atoms with E-state index in [1.54, 1.807) is 10.4 Å². The summed E-state index contributed by atoms with van der Waals surface area (Å²) in [5.41, 5.74) is 5.61. The highest BCUT2D eigenvalue weighted by molar-refractivity contribution is 9.10. The second-order valence-corrected chi connectivity index (χ2v) is 8.21. The van der Waals surface area contributed by atoms with Crippen LogP contribution in [0, 0.1) is 13.8 Å². The van der Waals surface area contributed by atoms with Crippen LogP contribution in [0.4, 0.5) is 0 Å². The third-order valence-electron chi connectivity index (χ3n) is 3.84. The minimum absolute atomic E-state index is 0.329. The molecule has 1 atom stereocenters. The molecule has 1 aliphatic rings. The number of halogens is 2. The van der Waals surface area contributed by atoms with Crippen molar-refractivity contribution in [1.29, 1.82) is 0 Å². The molecule has 1 aromatic carbocycles. The first-order chi connectivity index (χ1) is 9.06. The van der Waals surface area contributed by atoms with Gasteiger partial charge < -0.3 is 0 Å². The van der Waals surface area contributed by atoms with Crippen LogP contribution in [0.1, 0.15) is 43.3 Å². The second-order valence-electron chi connectivity index (χ2n) is 5.27. The normalized spacial score (nSPS) is 15.6. The van der Waals surface area contributed by atoms with E-state index in [4.69, 9.17) is 0 Å². The van der Waals surface area contributed by atoms with Crippen LogP contribution in [0.25, 0.3) is 0 Å². The van der Waals surface area contributed by atoms with E-state index in [9.17, 15) is 0 Å². The van der Waals surface area contributed by atoms with Crippen LogP contribution in [0.5, 0.6) is 0 Å². The van der Waals surface area contributed by atoms with Crippen molar-refractivity contribution in [2.75, 3.05) is 0 Å². The van der Waals surface area contributed by atoms with Gasteiger partial charge in [-0.1, -0.05) is 37.9 Å². The largest absolute Gasteiger partial charge is 0.144 e. The third-order valence-corrected chi connectivity index (χ3v) is 7.28. The van der Waals surface area contributed by atoms with Gasteiger partial charge in [0.1, 0.15) is 0 Å². The Bertz CT molecular complexity index is 606. The highest BCUT2D eigenvalue weighted by Gasteiger charge is 2.21. The Kier molecular flexibility index (Phi) is 3.89. The van der Waals surface area contributed by atoms with Crippen LogP contribution in [-0.4, -0.2) is 0 Å². The smallest absolute Gasteiger partial charge is 0.0740 e. The quantitative estimate of drug-likeness (QED) is 0.535. The molecule has 1 heterocycles. The van der Waals surface area contributed by atoms with Gasteiger partial charge >= 0.3 is 0 Å². The molecule has 100 valence electrons. The second kappa shape index (κ2) is 5.34. The van der Waals surface area contributed by atoms with Gasteiger partial charge in [0.15, 0.2) is 0 Å². The Morgan fingerprint density at radius 3 is 2.63 bits per heavy atom. The van der Waals surface area contributed by atoms with Crippen molar-refractivity contribution in [2.24, 2.45) is 0 Å². The lowest BCUT2D eigenvalue weighted by molar-refractivity contribution is 0.913. The van der Waals surface area contributed by atoms with Gasteiger partial charge in [0, 0.05) is 14.2 Å². The molecule has 3 heteroatoms. The number of alkyl halides is 1. The minimum atomic E-state index is 0.329. The molecule has 1 aromatic heterocycles. The van der Waals surface area contributed by atoms with E-state index < -0.39 is 0 Å². The highest BCUT2D eigenvalue weighted by Crippen LogP contribution is 2.41. The zero-order chi connectivity index (χ0) is 13.6. The maximum atomic E-state index is 3.90. The number of aryl methyl sites for hydroxylation is 4. The summed E-state index contributed by atoms with van der Waals surface area (Å²) in [6.07, 6.45) is 3.88. The maximum Gasteiger partial charge on any atom is 0.0740 e. The molecular weight excluding hydrogens is 384 g/mol. The zero-order valence-corrected chi connectivity index (χ0v) is 15.1. The fraction of sp³-hybridized carbons (Fsp3) is 0.375. The van der Waals surface area contributed by atoms with Gasteiger partial charge in [-0.15, -0.1) is 11.3 Å². The van der Waals surface area contributed by atoms with E-state index in [0.717, 1.165) is 0 Å². The summed E-state index contributed by atoms with van der Waals surface area (Å²) < 4.78 is 1.20. The fourth-order valence-corrected chi connectivity index (χ4v) is 5.32. The first-order valence-electron chi connectivity index (χ1n) is 6.58. The van der Waals surface area contributed by atoms with Crippen molar-refractivity contribution in [2.45, 2.75) is 37.9 Å². The Balaban J connectivity index is 1.99. The fourth-order valence-electron chi connectivity index (χ4n) is 2.71. The molecule has 0 saturated heterocycles. The highest BCUT2D eigenvalue weighted by atomic mass is 79.9. The number of thiophene rings is 1. The molecule has 3 rings (SSSR count). The number of fused-ring (bicyclic) bond motifs is 1. The van der Waals surface area contributed by atoms with E-state index >= 15 is 0 Å². The summed E-state index contributed by atoms with van der Waals surface area (Å²) in [6, 6.07) is 6.92. The van der Waals surface area contributed by atoms with E-state index in [-0.39, 0.29) is 0 Å². The van der Waals surface area contributed by atoms with Crippen molar-refractivity contribution in [3.8, 4) is 0 Å². The van der Waals surface area contributed by atoms with Crippen LogP contribution < -0.4 is 0 Å². The van der Waals surface area contributed by atoms with Gasteiger partial charge in [0.25, 0.3) is 0 Å². The molecule has 1 aliphatic carbocycles. The molecule has 19 heavy (non-hydrogen) atoms. The van der Waals surface area contributed by atoms with Crippen LogP contribution in [0.2, 0.25) is 0 Å². The molecule has 0 radical (unpaired) electrons. The molecule has 2 aromatic rings. The number of benzene rings is 1. The molecule has 0 N–H and O–H groups in total. The zero-order valence-electron chi connectivity index (χ0n) is 11.1. The first kappa shape index (κ1) is 13.8. The average molecular weight is 400 g/mol. The summed E-state index contributed by atoms with van der Waals surface area (Å²) in [5.74, 6) is 0. The lowest BCUT2D eigenvalue weighted by Gasteiger charge is -2.14. The minimum Gasteiger partial charge on any atom is -0.144 e. The van der Waals surface area contributed by atoms with Gasteiger partial charge in [-0.25, -0.2) is 0 Å². The molecule has 1 unspecified atom stereocenters. The summed E-state index contributed by atoms with van der Waals surface area (Å²) in [6.45, 7) is 4.34. The summed E-state index contributed by atoms with van der Waals surface area (Å²) in [5, 5.41) is 0. The SMILES string of the molecule is Cc1cc(C(Br)c2cc3c(s2)CCC3)c(C)cc1Br. The van der Waals surface area contributed by atoms with Crippen molar-refractivity contribution in [3.63, 3.8) is 0 Å². The Morgan fingerprint density at radius 1 is 1.11 bits per heavy atom. The molecular formula is C16H16Br2S. The number of rotatable bonds is 2. The monoisotopic (exact) mass is 398 g/mol. The standard InChI is InChI=1S/C16H16Br2S/c1-9-7-13(17)10(2)6-12(9)16(18)15-8-11-4-3-5-14(11)19-15/h6-8,16H,3-5H2,1-2H3. The van der Waals surface area contributed by atoms with Gasteiger partial charge in [-0.05, 0) is 67.5 Å². The van der Waals surface area contributed by atoms with Crippen LogP contribution in [0.15, 0.2) is 22.7 Å². The Hall–Kier alpha value is -0.120. The lowest BCUT2D eigenvalue weighted by Crippen LogP contribution is -1.95. The summed E-state index contributed by atoms with van der Waals surface area (Å²) in [4.78, 5) is 3.38. The maximum absolute atomic E-state index is 3.90. The van der Waals surface area contributed by atoms with Crippen LogP contribution in [0.3, 0.4) is 0 Å². The topological polar surface area (TPSA) is 0 Å². The molecule has 0 spiro atoms. The van der Waals surface area contributed by atoms with Gasteiger partial charge in [0.05, 0.1) is 4.83 Å². The molecule has 0 aliphatic heterocycles. The average Bonchev–Trinajstić information content (AvgIpc) is 2.93. The van der Waals surface area contributed by atoms with Crippen LogP contribution >= 0.6 is 43.2 Å². The summed E-state index contributed by atoms with van der Waals surface area (Å²) in [7, 11) is 0. The predicted molar refractivity (Wildman–Crippen MR) is 90.7 cm³/mol. The van der Waals surface area contributed by atoms with Crippen LogP contribution in [-0.2, 0) is 12.8 Å². The number of hydrogen-bond donors (Lipinski definition) is 0. The Morgan fingerprint density at radius 2 is 1.89 bits per heavy atom. The van der Waals surface area contributed by atoms with Gasteiger partial charge in [-0.3, -0.25) is 0 Å². The van der Waals surface area contributed by atoms with E-state index in [1.807, 2.05) is 11.3 Å². The lowest BCUT2D eigenvalue weighted by atomic mass is 10.0. The van der Waals surface area contributed by atoms with E-state index in [0.29, 0.717) is 4.83 Å². The van der Waals surface area contributed by atoms with Crippen molar-refractivity contribution < 1.29 is 0 Å². The molecule has 0 bridgehead atoms. The van der Waals surface area contributed by atoms with Crippen molar-refractivity contribution in [1.82, 2.24) is 0 Å². The molecule has 0 fully saturated rings. The van der Waals surface area contributed by atoms with Gasteiger partial charge in [0.2, 0.25) is 0 Å². The van der Waals surface area contributed by atoms with E-state index in [1.165, 1.54) is 45.3 Å². The third kappa shape index (κ3) is 2.57. The summed E-state index contributed by atoms with van der Waals surface area (Å²) >= 11 is 9.49. The number of hydrogen-bond acceptors (Lipinski definition) is 1. The van der Waals surface area contributed by atoms with Crippen molar-refractivity contribution >= 4 is 43.2 Å². The molecule has 0 nitrogen and oxygen atoms in total. The van der Waals surface area contributed by atoms with Gasteiger partial charge in [-0.2, -0.15) is 0 Å². The van der Waals surface area contributed by atoms with E-state index in [2.05, 4.69) is 63.9 Å². The molecule has 0 amide bonds. The molecule has 0 saturated carbocycles. The Labute approximate surface area is 135 Å². The van der Waals surface area contributed by atoms with Crippen molar-refractivity contribution in [3.05, 3.63) is 54.7 Å². The predicted octanol–water partition coefficient (Wildman–Crippen LogP) is 6.10.